The first-order valence-electron chi connectivity index (χ1n) is 25.9. The summed E-state index contributed by atoms with van der Waals surface area (Å²) in [5, 5.41) is 7.26. The molecule has 0 bridgehead atoms. The Labute approximate surface area is 433 Å². The van der Waals surface area contributed by atoms with Crippen molar-refractivity contribution < 1.29 is 0 Å². The maximum atomic E-state index is 5.47. The lowest BCUT2D eigenvalue weighted by atomic mass is 9.91. The highest BCUT2D eigenvalue weighted by Crippen LogP contribution is 2.47. The first-order valence-corrected chi connectivity index (χ1v) is 25.9. The third-order valence-electron chi connectivity index (χ3n) is 15.3. The van der Waals surface area contributed by atoms with Crippen LogP contribution < -0.4 is 0 Å². The predicted octanol–water partition coefficient (Wildman–Crippen LogP) is 18.0. The first-order chi connectivity index (χ1) is 37.2. The van der Waals surface area contributed by atoms with Gasteiger partial charge in [0.2, 0.25) is 0 Å². The van der Waals surface area contributed by atoms with E-state index >= 15 is 0 Å². The molecule has 1 unspecified atom stereocenters. The van der Waals surface area contributed by atoms with Crippen molar-refractivity contribution in [1.82, 2.24) is 23.7 Å². The molecule has 1 atom stereocenters. The van der Waals surface area contributed by atoms with Crippen LogP contribution in [-0.2, 0) is 0 Å². The fourth-order valence-electron chi connectivity index (χ4n) is 12.0. The van der Waals surface area contributed by atoms with Crippen LogP contribution in [0.25, 0.3) is 127 Å². The standard InChI is InChI=1S/C70H47N5/c1-5-22-46(23-6-1)56-42-50(60-45-59(48-26-9-3-10-27-48)71-70(72-60)49-28-11-4-12-29-49)43-57(47-24-7-2-8-25-47)69(56)75-65-41-40-51(73-61-34-17-13-30-52(61)53-31-14-18-35-62(53)73)44-58(65)68-66(38-21-39-67(68)75)74-63-36-19-15-32-54(63)55-33-16-20-37-64(55)74/h1-28,30-45,49H,29H2. The molecule has 0 N–H and O–H groups in total. The molecular weight excluding hydrogens is 911 g/mol. The van der Waals surface area contributed by atoms with Crippen molar-refractivity contribution in [2.24, 2.45) is 0 Å². The zero-order chi connectivity index (χ0) is 49.4. The molecule has 0 aliphatic heterocycles. The number of allylic oxidation sites excluding steroid dienone is 4. The number of hydrogen-bond donors (Lipinski definition) is 0. The van der Waals surface area contributed by atoms with Gasteiger partial charge in [0.15, 0.2) is 0 Å². The quantitative estimate of drug-likeness (QED) is 0.152. The van der Waals surface area contributed by atoms with Gasteiger partial charge in [-0.05, 0) is 90.3 Å². The number of nitrogens with zero attached hydrogens (tertiary/aromatic N) is 5. The fourth-order valence-corrected chi connectivity index (χ4v) is 12.0. The number of rotatable bonds is 8. The summed E-state index contributed by atoms with van der Waals surface area (Å²) in [5.41, 5.74) is 18.5. The van der Waals surface area contributed by atoms with E-state index in [1.807, 2.05) is 0 Å². The van der Waals surface area contributed by atoms with E-state index in [2.05, 4.69) is 281 Å². The molecule has 0 saturated carbocycles. The van der Waals surface area contributed by atoms with Crippen molar-refractivity contribution in [3.63, 3.8) is 0 Å². The largest absolute Gasteiger partial charge is 0.309 e. The van der Waals surface area contributed by atoms with Crippen LogP contribution in [0, 0.1) is 0 Å². The zero-order valence-electron chi connectivity index (χ0n) is 40.9. The molecule has 0 spiro atoms. The molecule has 5 nitrogen and oxygen atoms in total. The molecule has 0 fully saturated rings. The number of para-hydroxylation sites is 4. The van der Waals surface area contributed by atoms with E-state index in [9.17, 15) is 0 Å². The second kappa shape index (κ2) is 17.4. The molecular formula is C70H47N5. The lowest BCUT2D eigenvalue weighted by Crippen LogP contribution is -2.06. The van der Waals surface area contributed by atoms with Gasteiger partial charge in [-0.15, -0.1) is 0 Å². The Bertz CT molecular complexity index is 4440. The number of aromatic nitrogens is 5. The zero-order valence-corrected chi connectivity index (χ0v) is 40.9. The Kier molecular flexibility index (Phi) is 9.95. The van der Waals surface area contributed by atoms with Crippen LogP contribution in [0.4, 0.5) is 0 Å². The summed E-state index contributed by atoms with van der Waals surface area (Å²) in [7, 11) is 0. The van der Waals surface area contributed by atoms with E-state index in [0.717, 1.165) is 90.5 Å². The van der Waals surface area contributed by atoms with Crippen molar-refractivity contribution in [1.29, 1.82) is 0 Å². The van der Waals surface area contributed by atoms with Crippen molar-refractivity contribution in [3.05, 3.63) is 273 Å². The average Bonchev–Trinajstić information content (AvgIpc) is 4.21. The fraction of sp³-hybridized carbons (Fsp3) is 0.0286. The van der Waals surface area contributed by atoms with E-state index in [0.29, 0.717) is 0 Å². The van der Waals surface area contributed by atoms with Crippen LogP contribution in [0.2, 0.25) is 0 Å². The minimum absolute atomic E-state index is 0.0626. The van der Waals surface area contributed by atoms with Crippen LogP contribution >= 0.6 is 0 Å². The van der Waals surface area contributed by atoms with E-state index in [-0.39, 0.29) is 5.92 Å². The molecule has 352 valence electrons. The van der Waals surface area contributed by atoms with Crippen LogP contribution in [0.5, 0.6) is 0 Å². The third-order valence-corrected chi connectivity index (χ3v) is 15.3. The number of benzene rings is 10. The minimum Gasteiger partial charge on any atom is -0.309 e. The Morgan fingerprint density at radius 3 is 1.37 bits per heavy atom. The third kappa shape index (κ3) is 6.93. The SMILES string of the molecule is C1=CCC(c2nc(-c3ccccc3)cc(-c3cc(-c4ccccc4)c(-n4c5ccc(-n6c7ccccc7c7ccccc76)cc5c5c(-n6c7ccccc7c7ccccc76)cccc54)c(-c4ccccc4)c3)n2)C=C1. The van der Waals surface area contributed by atoms with E-state index < -0.39 is 0 Å². The highest BCUT2D eigenvalue weighted by Gasteiger charge is 2.26. The lowest BCUT2D eigenvalue weighted by molar-refractivity contribution is 0.775. The van der Waals surface area contributed by atoms with Gasteiger partial charge in [-0.3, -0.25) is 0 Å². The second-order valence-corrected chi connectivity index (χ2v) is 19.6. The van der Waals surface area contributed by atoms with E-state index in [1.165, 1.54) is 49.0 Å². The molecule has 14 aromatic rings. The molecule has 75 heavy (non-hydrogen) atoms. The van der Waals surface area contributed by atoms with Gasteiger partial charge in [0.1, 0.15) is 5.82 Å². The summed E-state index contributed by atoms with van der Waals surface area (Å²) in [6.45, 7) is 0. The summed E-state index contributed by atoms with van der Waals surface area (Å²) in [5.74, 6) is 0.880. The average molecular weight is 958 g/mol. The smallest absolute Gasteiger partial charge is 0.136 e. The highest BCUT2D eigenvalue weighted by atomic mass is 15.0. The Morgan fingerprint density at radius 1 is 0.347 bits per heavy atom. The van der Waals surface area contributed by atoms with Gasteiger partial charge in [-0.1, -0.05) is 194 Å². The molecule has 4 aromatic heterocycles. The molecule has 0 amide bonds. The summed E-state index contributed by atoms with van der Waals surface area (Å²) in [6, 6.07) is 88.4. The van der Waals surface area contributed by atoms with Gasteiger partial charge in [-0.25, -0.2) is 9.97 Å². The molecule has 1 aliphatic carbocycles. The van der Waals surface area contributed by atoms with Crippen LogP contribution in [0.3, 0.4) is 0 Å². The molecule has 4 heterocycles. The maximum absolute atomic E-state index is 5.47. The Balaban J connectivity index is 1.08. The van der Waals surface area contributed by atoms with Crippen LogP contribution in [-0.4, -0.2) is 23.7 Å². The predicted molar refractivity (Wildman–Crippen MR) is 312 cm³/mol. The monoisotopic (exact) mass is 957 g/mol. The van der Waals surface area contributed by atoms with Gasteiger partial charge >= 0.3 is 0 Å². The van der Waals surface area contributed by atoms with Gasteiger partial charge < -0.3 is 13.7 Å². The molecule has 0 radical (unpaired) electrons. The lowest BCUT2D eigenvalue weighted by Gasteiger charge is -2.22. The maximum Gasteiger partial charge on any atom is 0.136 e. The van der Waals surface area contributed by atoms with Crippen molar-refractivity contribution in [3.8, 4) is 61.8 Å². The second-order valence-electron chi connectivity index (χ2n) is 19.6. The van der Waals surface area contributed by atoms with E-state index in [1.54, 1.807) is 0 Å². The molecule has 15 rings (SSSR count). The molecule has 5 heteroatoms. The van der Waals surface area contributed by atoms with Crippen molar-refractivity contribution in [2.45, 2.75) is 12.3 Å². The Hall–Kier alpha value is -9.84. The molecule has 10 aromatic carbocycles. The van der Waals surface area contributed by atoms with Gasteiger partial charge in [-0.2, -0.15) is 0 Å². The van der Waals surface area contributed by atoms with Crippen LogP contribution in [0.15, 0.2) is 267 Å². The van der Waals surface area contributed by atoms with Crippen LogP contribution in [0.1, 0.15) is 18.2 Å². The van der Waals surface area contributed by atoms with E-state index in [4.69, 9.17) is 9.97 Å². The highest BCUT2D eigenvalue weighted by molar-refractivity contribution is 6.18. The van der Waals surface area contributed by atoms with Gasteiger partial charge in [0, 0.05) is 66.2 Å². The molecule has 1 aliphatic rings. The van der Waals surface area contributed by atoms with Gasteiger partial charge in [0.25, 0.3) is 0 Å². The van der Waals surface area contributed by atoms with Crippen molar-refractivity contribution >= 4 is 65.4 Å². The Morgan fingerprint density at radius 2 is 0.827 bits per heavy atom. The summed E-state index contributed by atoms with van der Waals surface area (Å²) in [6.07, 6.45) is 9.52. The normalized spacial score (nSPS) is 13.6. The number of hydrogen-bond acceptors (Lipinski definition) is 2. The summed E-state index contributed by atoms with van der Waals surface area (Å²) >= 11 is 0. The summed E-state index contributed by atoms with van der Waals surface area (Å²) < 4.78 is 7.47. The first kappa shape index (κ1) is 42.8. The molecule has 0 saturated heterocycles. The topological polar surface area (TPSA) is 40.6 Å². The summed E-state index contributed by atoms with van der Waals surface area (Å²) in [4.78, 5) is 10.7. The minimum atomic E-state index is 0.0626. The van der Waals surface area contributed by atoms with Gasteiger partial charge in [0.05, 0.1) is 55.9 Å². The van der Waals surface area contributed by atoms with Crippen molar-refractivity contribution in [2.75, 3.05) is 0 Å². The number of fused-ring (bicyclic) bond motifs is 9.